The Morgan fingerprint density at radius 3 is 2.72 bits per heavy atom. The van der Waals surface area contributed by atoms with Crippen LogP contribution in [0, 0.1) is 5.92 Å². The molecule has 1 aliphatic carbocycles. The Kier molecular flexibility index (Phi) is 5.23. The molecule has 4 unspecified atom stereocenters. The van der Waals surface area contributed by atoms with Crippen LogP contribution >= 0.6 is 23.5 Å². The largest absolute Gasteiger partial charge is 0.392 e. The van der Waals surface area contributed by atoms with E-state index in [1.54, 1.807) is 0 Å². The van der Waals surface area contributed by atoms with Crippen molar-refractivity contribution in [2.75, 3.05) is 11.5 Å². The monoisotopic (exact) mass is 296 g/mol. The highest BCUT2D eigenvalue weighted by atomic mass is 32.2. The molecule has 1 aliphatic heterocycles. The Balaban J connectivity index is 1.84. The van der Waals surface area contributed by atoms with E-state index in [4.69, 9.17) is 0 Å². The van der Waals surface area contributed by atoms with Gasteiger partial charge in [-0.1, -0.05) is 6.92 Å². The van der Waals surface area contributed by atoms with E-state index >= 15 is 0 Å². The lowest BCUT2D eigenvalue weighted by Gasteiger charge is -2.35. The maximum absolute atomic E-state index is 13.3. The molecule has 0 aromatic rings. The van der Waals surface area contributed by atoms with Gasteiger partial charge >= 0.3 is 0 Å². The SMILES string of the molecule is CC1SCCSC1C(O)CC1CCCC(F)(F)C1. The Morgan fingerprint density at radius 2 is 2.06 bits per heavy atom. The van der Waals surface area contributed by atoms with Gasteiger partial charge in [0.25, 0.3) is 0 Å². The van der Waals surface area contributed by atoms with Gasteiger partial charge in [0.05, 0.1) is 6.10 Å². The van der Waals surface area contributed by atoms with Gasteiger partial charge in [-0.05, 0) is 25.2 Å². The summed E-state index contributed by atoms with van der Waals surface area (Å²) < 4.78 is 26.7. The molecule has 1 heterocycles. The van der Waals surface area contributed by atoms with Crippen LogP contribution in [-0.4, -0.2) is 39.1 Å². The van der Waals surface area contributed by atoms with Crippen LogP contribution in [-0.2, 0) is 0 Å². The van der Waals surface area contributed by atoms with Gasteiger partial charge in [-0.25, -0.2) is 8.78 Å². The van der Waals surface area contributed by atoms with E-state index in [0.717, 1.165) is 17.9 Å². The number of hydrogen-bond donors (Lipinski definition) is 1. The Morgan fingerprint density at radius 1 is 1.33 bits per heavy atom. The number of aliphatic hydroxyl groups is 1. The number of halogens is 2. The molecule has 0 aromatic carbocycles. The van der Waals surface area contributed by atoms with Gasteiger partial charge in [0, 0.05) is 34.8 Å². The highest BCUT2D eigenvalue weighted by Gasteiger charge is 2.38. The molecule has 2 rings (SSSR count). The summed E-state index contributed by atoms with van der Waals surface area (Å²) in [6, 6.07) is 0. The molecule has 106 valence electrons. The number of hydrogen-bond acceptors (Lipinski definition) is 3. The topological polar surface area (TPSA) is 20.2 Å². The first-order valence-electron chi connectivity index (χ1n) is 6.77. The first-order valence-corrected chi connectivity index (χ1v) is 8.87. The molecule has 1 saturated carbocycles. The average Bonchev–Trinajstić information content (AvgIpc) is 2.28. The molecular weight excluding hydrogens is 274 g/mol. The average molecular weight is 296 g/mol. The molecule has 1 saturated heterocycles. The van der Waals surface area contributed by atoms with Gasteiger partial charge in [-0.3, -0.25) is 0 Å². The van der Waals surface area contributed by atoms with Crippen molar-refractivity contribution in [2.45, 2.75) is 61.6 Å². The second-order valence-corrected chi connectivity index (χ2v) is 8.30. The normalized spacial score (nSPS) is 38.3. The zero-order valence-electron chi connectivity index (χ0n) is 10.8. The quantitative estimate of drug-likeness (QED) is 0.855. The standard InChI is InChI=1S/C13H22F2OS2/c1-9-12(18-6-5-17-9)11(16)7-10-3-2-4-13(14,15)8-10/h9-12,16H,2-8H2,1H3. The summed E-state index contributed by atoms with van der Waals surface area (Å²) in [4.78, 5) is 0. The van der Waals surface area contributed by atoms with Crippen molar-refractivity contribution in [2.24, 2.45) is 5.92 Å². The zero-order chi connectivity index (χ0) is 13.2. The lowest BCUT2D eigenvalue weighted by Crippen LogP contribution is -2.37. The van der Waals surface area contributed by atoms with Crippen LogP contribution in [0.3, 0.4) is 0 Å². The molecule has 4 atom stereocenters. The van der Waals surface area contributed by atoms with Gasteiger partial charge in [-0.15, -0.1) is 0 Å². The van der Waals surface area contributed by atoms with E-state index < -0.39 is 12.0 Å². The minimum atomic E-state index is -2.50. The maximum Gasteiger partial charge on any atom is 0.248 e. The van der Waals surface area contributed by atoms with Gasteiger partial charge < -0.3 is 5.11 Å². The third-order valence-electron chi connectivity index (χ3n) is 3.93. The number of rotatable bonds is 3. The van der Waals surface area contributed by atoms with E-state index in [2.05, 4.69) is 6.92 Å². The smallest absolute Gasteiger partial charge is 0.248 e. The first kappa shape index (κ1) is 14.9. The summed E-state index contributed by atoms with van der Waals surface area (Å²) in [5, 5.41) is 10.9. The van der Waals surface area contributed by atoms with Crippen LogP contribution < -0.4 is 0 Å². The zero-order valence-corrected chi connectivity index (χ0v) is 12.4. The summed E-state index contributed by atoms with van der Waals surface area (Å²) in [5.41, 5.74) is 0. The van der Waals surface area contributed by atoms with Crippen LogP contribution in [0.1, 0.15) is 39.0 Å². The lowest BCUT2D eigenvalue weighted by atomic mass is 9.82. The van der Waals surface area contributed by atoms with Gasteiger partial charge in [0.15, 0.2) is 0 Å². The van der Waals surface area contributed by atoms with Crippen molar-refractivity contribution in [3.8, 4) is 0 Å². The molecule has 1 nitrogen and oxygen atoms in total. The fourth-order valence-corrected chi connectivity index (χ4v) is 5.89. The second-order valence-electron chi connectivity index (χ2n) is 5.53. The van der Waals surface area contributed by atoms with Crippen LogP contribution in [0.2, 0.25) is 0 Å². The lowest BCUT2D eigenvalue weighted by molar-refractivity contribution is -0.0588. The predicted octanol–water partition coefficient (Wildman–Crippen LogP) is 3.80. The van der Waals surface area contributed by atoms with Crippen molar-refractivity contribution in [3.05, 3.63) is 0 Å². The molecule has 2 fully saturated rings. The van der Waals surface area contributed by atoms with E-state index in [1.807, 2.05) is 23.5 Å². The predicted molar refractivity (Wildman–Crippen MR) is 75.7 cm³/mol. The third kappa shape index (κ3) is 4.01. The third-order valence-corrected chi connectivity index (χ3v) is 7.17. The van der Waals surface area contributed by atoms with Crippen LogP contribution in [0.25, 0.3) is 0 Å². The van der Waals surface area contributed by atoms with Crippen LogP contribution in [0.5, 0.6) is 0 Å². The Labute approximate surface area is 116 Å². The first-order chi connectivity index (χ1) is 8.48. The van der Waals surface area contributed by atoms with Crippen molar-refractivity contribution >= 4 is 23.5 Å². The highest BCUT2D eigenvalue weighted by molar-refractivity contribution is 8.07. The van der Waals surface area contributed by atoms with Crippen LogP contribution in [0.15, 0.2) is 0 Å². The fraction of sp³-hybridized carbons (Fsp3) is 1.00. The fourth-order valence-electron chi connectivity index (χ4n) is 3.03. The molecule has 5 heteroatoms. The van der Waals surface area contributed by atoms with Crippen molar-refractivity contribution in [1.29, 1.82) is 0 Å². The molecule has 1 N–H and O–H groups in total. The summed E-state index contributed by atoms with van der Waals surface area (Å²) in [6.45, 7) is 2.14. The van der Waals surface area contributed by atoms with Crippen LogP contribution in [0.4, 0.5) is 8.78 Å². The summed E-state index contributed by atoms with van der Waals surface area (Å²) in [6.07, 6.45) is 1.60. The number of aliphatic hydroxyl groups excluding tert-OH is 1. The van der Waals surface area contributed by atoms with Gasteiger partial charge in [0.1, 0.15) is 0 Å². The highest BCUT2D eigenvalue weighted by Crippen LogP contribution is 2.41. The molecular formula is C13H22F2OS2. The van der Waals surface area contributed by atoms with Gasteiger partial charge in [-0.2, -0.15) is 23.5 Å². The minimum absolute atomic E-state index is 0.00322. The van der Waals surface area contributed by atoms with Gasteiger partial charge in [0.2, 0.25) is 5.92 Å². The maximum atomic E-state index is 13.3. The summed E-state index contributed by atoms with van der Waals surface area (Å²) in [7, 11) is 0. The molecule has 0 radical (unpaired) electrons. The van der Waals surface area contributed by atoms with Crippen molar-refractivity contribution in [1.82, 2.24) is 0 Å². The second kappa shape index (κ2) is 6.31. The van der Waals surface area contributed by atoms with Crippen molar-refractivity contribution in [3.63, 3.8) is 0 Å². The molecule has 2 aliphatic rings. The van der Waals surface area contributed by atoms with E-state index in [0.29, 0.717) is 18.1 Å². The van der Waals surface area contributed by atoms with Crippen molar-refractivity contribution < 1.29 is 13.9 Å². The molecule has 18 heavy (non-hydrogen) atoms. The Bertz CT molecular complexity index is 276. The molecule has 0 amide bonds. The molecule has 0 aromatic heterocycles. The van der Waals surface area contributed by atoms with E-state index in [9.17, 15) is 13.9 Å². The number of alkyl halides is 2. The number of thioether (sulfide) groups is 2. The Hall–Kier alpha value is 0.520. The minimum Gasteiger partial charge on any atom is -0.392 e. The molecule has 0 spiro atoms. The van der Waals surface area contributed by atoms with E-state index in [-0.39, 0.29) is 24.0 Å². The summed E-state index contributed by atoms with van der Waals surface area (Å²) in [5.74, 6) is -0.292. The molecule has 0 bridgehead atoms. The summed E-state index contributed by atoms with van der Waals surface area (Å²) >= 11 is 3.70. The van der Waals surface area contributed by atoms with E-state index in [1.165, 1.54) is 0 Å².